The summed E-state index contributed by atoms with van der Waals surface area (Å²) in [5.41, 5.74) is 4.59. The molecule has 1 heterocycles. The predicted octanol–water partition coefficient (Wildman–Crippen LogP) is 7.95. The van der Waals surface area contributed by atoms with Gasteiger partial charge in [0.05, 0.1) is 6.04 Å². The molecule has 3 aromatic carbocycles. The van der Waals surface area contributed by atoms with Crippen LogP contribution in [0, 0.1) is 9.49 Å². The highest BCUT2D eigenvalue weighted by Gasteiger charge is 2.24. The SMILES string of the molecule is CCC(NC(=O)c1ccc(CC2CCN(C(C)c3ccc(Br)cc3)CC2)cc1)c1ccc(I)cc1. The van der Waals surface area contributed by atoms with E-state index in [9.17, 15) is 4.79 Å². The minimum absolute atomic E-state index is 0.00260. The molecule has 4 rings (SSSR count). The fraction of sp³-hybridized carbons (Fsp3) is 0.367. The minimum atomic E-state index is -0.00260. The lowest BCUT2D eigenvalue weighted by Crippen LogP contribution is -2.36. The van der Waals surface area contributed by atoms with Crippen molar-refractivity contribution in [2.75, 3.05) is 13.1 Å². The van der Waals surface area contributed by atoms with Crippen molar-refractivity contribution < 1.29 is 4.79 Å². The van der Waals surface area contributed by atoms with Crippen molar-refractivity contribution >= 4 is 44.4 Å². The molecule has 184 valence electrons. The number of rotatable bonds is 8. The Balaban J connectivity index is 1.28. The largest absolute Gasteiger partial charge is 0.345 e. The highest BCUT2D eigenvalue weighted by molar-refractivity contribution is 14.1. The fourth-order valence-corrected chi connectivity index (χ4v) is 5.60. The van der Waals surface area contributed by atoms with Gasteiger partial charge in [0.1, 0.15) is 0 Å². The highest BCUT2D eigenvalue weighted by Crippen LogP contribution is 2.29. The first-order valence-electron chi connectivity index (χ1n) is 12.6. The molecule has 3 nitrogen and oxygen atoms in total. The van der Waals surface area contributed by atoms with Crippen LogP contribution in [0.5, 0.6) is 0 Å². The molecule has 1 N–H and O–H groups in total. The summed E-state index contributed by atoms with van der Waals surface area (Å²) in [5, 5.41) is 3.20. The van der Waals surface area contributed by atoms with E-state index in [0.717, 1.165) is 41.5 Å². The van der Waals surface area contributed by atoms with Gasteiger partial charge in [-0.2, -0.15) is 0 Å². The summed E-state index contributed by atoms with van der Waals surface area (Å²) < 4.78 is 2.33. The molecule has 35 heavy (non-hydrogen) atoms. The predicted molar refractivity (Wildman–Crippen MR) is 157 cm³/mol. The standard InChI is InChI=1S/C30H34BrIN2O/c1-3-29(25-10-14-28(32)15-11-25)33-30(35)26-6-4-22(5-7-26)20-23-16-18-34(19-17-23)21(2)24-8-12-27(31)13-9-24/h4-15,21,23,29H,3,16-20H2,1-2H3,(H,33,35). The molecule has 1 saturated heterocycles. The second-order valence-corrected chi connectivity index (χ2v) is 11.8. The number of halogens is 2. The van der Waals surface area contributed by atoms with E-state index in [-0.39, 0.29) is 11.9 Å². The van der Waals surface area contributed by atoms with Crippen LogP contribution in [0.25, 0.3) is 0 Å². The Morgan fingerprint density at radius 2 is 1.57 bits per heavy atom. The van der Waals surface area contributed by atoms with E-state index in [1.807, 2.05) is 12.1 Å². The Bertz CT molecular complexity index is 1090. The number of carbonyl (C=O) groups is 1. The van der Waals surface area contributed by atoms with Gasteiger partial charge >= 0.3 is 0 Å². The molecule has 0 aromatic heterocycles. The monoisotopic (exact) mass is 644 g/mol. The summed E-state index contributed by atoms with van der Waals surface area (Å²) in [4.78, 5) is 15.5. The fourth-order valence-electron chi connectivity index (χ4n) is 4.98. The van der Waals surface area contributed by atoms with Crippen molar-refractivity contribution in [3.8, 4) is 0 Å². The van der Waals surface area contributed by atoms with Crippen molar-refractivity contribution in [1.82, 2.24) is 10.2 Å². The van der Waals surface area contributed by atoms with Crippen molar-refractivity contribution in [1.29, 1.82) is 0 Å². The van der Waals surface area contributed by atoms with E-state index in [1.54, 1.807) is 0 Å². The molecule has 0 radical (unpaired) electrons. The van der Waals surface area contributed by atoms with Crippen LogP contribution in [0.15, 0.2) is 77.3 Å². The molecular formula is C30H34BrIN2O. The van der Waals surface area contributed by atoms with Crippen LogP contribution in [0.4, 0.5) is 0 Å². The molecule has 5 heteroatoms. The maximum Gasteiger partial charge on any atom is 0.251 e. The van der Waals surface area contributed by atoms with Gasteiger partial charge in [0, 0.05) is 19.6 Å². The summed E-state index contributed by atoms with van der Waals surface area (Å²) in [6.45, 7) is 6.70. The van der Waals surface area contributed by atoms with Crippen molar-refractivity contribution in [2.45, 2.75) is 51.6 Å². The molecular weight excluding hydrogens is 611 g/mol. The highest BCUT2D eigenvalue weighted by atomic mass is 127. The summed E-state index contributed by atoms with van der Waals surface area (Å²) in [6, 6.07) is 25.8. The lowest BCUT2D eigenvalue weighted by molar-refractivity contribution is 0.0935. The van der Waals surface area contributed by atoms with Crippen LogP contribution in [0.3, 0.4) is 0 Å². The minimum Gasteiger partial charge on any atom is -0.345 e. The summed E-state index contributed by atoms with van der Waals surface area (Å²) in [7, 11) is 0. The van der Waals surface area contributed by atoms with Crippen LogP contribution in [-0.4, -0.2) is 23.9 Å². The van der Waals surface area contributed by atoms with Gasteiger partial charge in [-0.15, -0.1) is 0 Å². The zero-order valence-corrected chi connectivity index (χ0v) is 24.3. The van der Waals surface area contributed by atoms with Gasteiger partial charge in [-0.1, -0.05) is 59.3 Å². The Labute approximate surface area is 232 Å². The van der Waals surface area contributed by atoms with Crippen LogP contribution >= 0.6 is 38.5 Å². The van der Waals surface area contributed by atoms with Gasteiger partial charge in [-0.25, -0.2) is 0 Å². The molecule has 1 aliphatic heterocycles. The van der Waals surface area contributed by atoms with Gasteiger partial charge in [-0.05, 0) is 127 Å². The summed E-state index contributed by atoms with van der Waals surface area (Å²) in [6.07, 6.45) is 4.39. The topological polar surface area (TPSA) is 32.3 Å². The third-order valence-electron chi connectivity index (χ3n) is 7.28. The number of nitrogens with one attached hydrogen (secondary N) is 1. The van der Waals surface area contributed by atoms with E-state index < -0.39 is 0 Å². The summed E-state index contributed by atoms with van der Waals surface area (Å²) >= 11 is 5.84. The summed E-state index contributed by atoms with van der Waals surface area (Å²) in [5.74, 6) is 0.700. The Morgan fingerprint density at radius 3 is 2.17 bits per heavy atom. The Hall–Kier alpha value is -1.70. The number of piperidine rings is 1. The average molecular weight is 645 g/mol. The molecule has 0 spiro atoms. The number of carbonyl (C=O) groups excluding carboxylic acids is 1. The number of likely N-dealkylation sites (tertiary alicyclic amines) is 1. The van der Waals surface area contributed by atoms with E-state index in [4.69, 9.17) is 0 Å². The average Bonchev–Trinajstić information content (AvgIpc) is 2.88. The molecule has 0 saturated carbocycles. The Kier molecular flexibility index (Phi) is 9.42. The third-order valence-corrected chi connectivity index (χ3v) is 8.52. The van der Waals surface area contributed by atoms with Gasteiger partial charge in [0.25, 0.3) is 5.91 Å². The van der Waals surface area contributed by atoms with E-state index in [2.05, 4.69) is 123 Å². The van der Waals surface area contributed by atoms with Crippen molar-refractivity contribution in [3.63, 3.8) is 0 Å². The van der Waals surface area contributed by atoms with Crippen molar-refractivity contribution in [2.24, 2.45) is 5.92 Å². The van der Waals surface area contributed by atoms with Gasteiger partial charge in [0.15, 0.2) is 0 Å². The van der Waals surface area contributed by atoms with Gasteiger partial charge in [-0.3, -0.25) is 9.69 Å². The number of hydrogen-bond donors (Lipinski definition) is 1. The van der Waals surface area contributed by atoms with E-state index in [1.165, 1.54) is 27.5 Å². The quantitative estimate of drug-likeness (QED) is 0.253. The lowest BCUT2D eigenvalue weighted by Gasteiger charge is -2.36. The molecule has 0 aliphatic carbocycles. The number of hydrogen-bond acceptors (Lipinski definition) is 2. The molecule has 3 aromatic rings. The molecule has 2 unspecified atom stereocenters. The lowest BCUT2D eigenvalue weighted by atomic mass is 9.89. The normalized spacial score (nSPS) is 16.6. The van der Waals surface area contributed by atoms with Gasteiger partial charge < -0.3 is 5.32 Å². The second kappa shape index (κ2) is 12.5. The van der Waals surface area contributed by atoms with Crippen molar-refractivity contribution in [3.05, 3.63) is 103 Å². The number of benzene rings is 3. The Morgan fingerprint density at radius 1 is 0.971 bits per heavy atom. The first-order chi connectivity index (χ1) is 16.9. The maximum absolute atomic E-state index is 12.9. The second-order valence-electron chi connectivity index (χ2n) is 9.59. The number of nitrogens with zero attached hydrogens (tertiary/aromatic N) is 1. The molecule has 2 atom stereocenters. The smallest absolute Gasteiger partial charge is 0.251 e. The third kappa shape index (κ3) is 7.17. The molecule has 0 bridgehead atoms. The van der Waals surface area contributed by atoms with E-state index >= 15 is 0 Å². The van der Waals surface area contributed by atoms with Crippen LogP contribution in [-0.2, 0) is 6.42 Å². The molecule has 1 aliphatic rings. The molecule has 1 amide bonds. The van der Waals surface area contributed by atoms with Gasteiger partial charge in [0.2, 0.25) is 0 Å². The first-order valence-corrected chi connectivity index (χ1v) is 14.4. The molecule has 1 fully saturated rings. The zero-order chi connectivity index (χ0) is 24.8. The van der Waals surface area contributed by atoms with Crippen LogP contribution < -0.4 is 5.32 Å². The number of amides is 1. The maximum atomic E-state index is 12.9. The zero-order valence-electron chi connectivity index (χ0n) is 20.5. The van der Waals surface area contributed by atoms with Crippen LogP contribution in [0.2, 0.25) is 0 Å². The first kappa shape index (κ1) is 26.4. The van der Waals surface area contributed by atoms with E-state index in [0.29, 0.717) is 12.0 Å². The van der Waals surface area contributed by atoms with Crippen LogP contribution in [0.1, 0.15) is 72.2 Å².